The standard InChI is InChI=1S/C18H26N6O/c1-3-19-18(20-13-17-21-15(2)22-25-17)24-11-9-23(10-12-24)14-16-7-5-4-6-8-16/h4-8H,3,9-14H2,1-2H3,(H,19,20). The van der Waals surface area contributed by atoms with Crippen LogP contribution in [-0.2, 0) is 13.1 Å². The molecule has 7 nitrogen and oxygen atoms in total. The molecular formula is C18H26N6O. The van der Waals surface area contributed by atoms with E-state index in [1.807, 2.05) is 6.92 Å². The van der Waals surface area contributed by atoms with Gasteiger partial charge in [0.1, 0.15) is 6.54 Å². The number of aliphatic imine (C=N–C) groups is 1. The molecule has 0 saturated carbocycles. The second-order valence-corrected chi connectivity index (χ2v) is 6.15. The number of nitrogens with zero attached hydrogens (tertiary/aromatic N) is 5. The molecule has 0 aliphatic carbocycles. The predicted octanol–water partition coefficient (Wildman–Crippen LogP) is 1.66. The van der Waals surface area contributed by atoms with E-state index in [9.17, 15) is 0 Å². The zero-order valence-corrected chi connectivity index (χ0v) is 15.0. The predicted molar refractivity (Wildman–Crippen MR) is 97.1 cm³/mol. The summed E-state index contributed by atoms with van der Waals surface area (Å²) in [5.41, 5.74) is 1.36. The molecular weight excluding hydrogens is 316 g/mol. The number of aryl methyl sites for hydroxylation is 1. The van der Waals surface area contributed by atoms with Gasteiger partial charge in [0, 0.05) is 39.3 Å². The highest BCUT2D eigenvalue weighted by Crippen LogP contribution is 2.09. The minimum absolute atomic E-state index is 0.410. The van der Waals surface area contributed by atoms with Crippen LogP contribution in [0.1, 0.15) is 24.2 Å². The Labute approximate surface area is 148 Å². The summed E-state index contributed by atoms with van der Waals surface area (Å²) in [4.78, 5) is 13.6. The molecule has 1 aromatic carbocycles. The Kier molecular flexibility index (Phi) is 6.00. The van der Waals surface area contributed by atoms with Crippen LogP contribution in [0, 0.1) is 6.92 Å². The minimum Gasteiger partial charge on any atom is -0.357 e. The molecule has 1 fully saturated rings. The fraction of sp³-hybridized carbons (Fsp3) is 0.500. The third-order valence-corrected chi connectivity index (χ3v) is 4.19. The number of piperazine rings is 1. The highest BCUT2D eigenvalue weighted by atomic mass is 16.5. The third-order valence-electron chi connectivity index (χ3n) is 4.19. The maximum absolute atomic E-state index is 5.14. The van der Waals surface area contributed by atoms with Gasteiger partial charge in [-0.15, -0.1) is 0 Å². The molecule has 0 spiro atoms. The molecule has 1 aliphatic heterocycles. The van der Waals surface area contributed by atoms with E-state index < -0.39 is 0 Å². The highest BCUT2D eigenvalue weighted by molar-refractivity contribution is 5.80. The van der Waals surface area contributed by atoms with Crippen molar-refractivity contribution in [2.45, 2.75) is 26.9 Å². The Morgan fingerprint density at radius 1 is 1.20 bits per heavy atom. The van der Waals surface area contributed by atoms with Crippen molar-refractivity contribution in [2.24, 2.45) is 4.99 Å². The number of hydrogen-bond donors (Lipinski definition) is 1. The van der Waals surface area contributed by atoms with Crippen molar-refractivity contribution >= 4 is 5.96 Å². The molecule has 1 N–H and O–H groups in total. The number of nitrogens with one attached hydrogen (secondary N) is 1. The summed E-state index contributed by atoms with van der Waals surface area (Å²) < 4.78 is 5.14. The number of benzene rings is 1. The Morgan fingerprint density at radius 3 is 2.60 bits per heavy atom. The van der Waals surface area contributed by atoms with Crippen molar-refractivity contribution in [1.29, 1.82) is 0 Å². The Bertz CT molecular complexity index is 676. The molecule has 1 saturated heterocycles. The summed E-state index contributed by atoms with van der Waals surface area (Å²) in [5, 5.41) is 7.17. The van der Waals surface area contributed by atoms with Gasteiger partial charge in [-0.2, -0.15) is 4.98 Å². The van der Waals surface area contributed by atoms with Gasteiger partial charge in [-0.3, -0.25) is 4.90 Å². The van der Waals surface area contributed by atoms with Gasteiger partial charge in [0.2, 0.25) is 5.89 Å². The lowest BCUT2D eigenvalue weighted by Crippen LogP contribution is -2.52. The molecule has 0 radical (unpaired) electrons. The molecule has 134 valence electrons. The minimum atomic E-state index is 0.410. The van der Waals surface area contributed by atoms with Crippen molar-refractivity contribution in [2.75, 3.05) is 32.7 Å². The van der Waals surface area contributed by atoms with Crippen LogP contribution in [0.25, 0.3) is 0 Å². The van der Waals surface area contributed by atoms with E-state index in [1.54, 1.807) is 0 Å². The summed E-state index contributed by atoms with van der Waals surface area (Å²) in [6.07, 6.45) is 0. The van der Waals surface area contributed by atoms with Crippen LogP contribution in [-0.4, -0.2) is 58.6 Å². The van der Waals surface area contributed by atoms with E-state index in [1.165, 1.54) is 5.56 Å². The normalized spacial score (nSPS) is 16.2. The lowest BCUT2D eigenvalue weighted by atomic mass is 10.2. The monoisotopic (exact) mass is 342 g/mol. The zero-order valence-electron chi connectivity index (χ0n) is 15.0. The van der Waals surface area contributed by atoms with Crippen molar-refractivity contribution in [1.82, 2.24) is 25.3 Å². The molecule has 3 rings (SSSR count). The molecule has 0 unspecified atom stereocenters. The molecule has 1 aromatic heterocycles. The lowest BCUT2D eigenvalue weighted by Gasteiger charge is -2.36. The van der Waals surface area contributed by atoms with Crippen LogP contribution in [0.2, 0.25) is 0 Å². The first-order valence-corrected chi connectivity index (χ1v) is 8.83. The number of hydrogen-bond acceptors (Lipinski definition) is 5. The molecule has 2 heterocycles. The molecule has 7 heteroatoms. The molecule has 2 aromatic rings. The van der Waals surface area contributed by atoms with Crippen LogP contribution in [0.4, 0.5) is 0 Å². The number of guanidine groups is 1. The van der Waals surface area contributed by atoms with Crippen LogP contribution in [0.5, 0.6) is 0 Å². The Hall–Kier alpha value is -2.41. The summed E-state index contributed by atoms with van der Waals surface area (Å²) in [7, 11) is 0. The van der Waals surface area contributed by atoms with E-state index in [-0.39, 0.29) is 0 Å². The third kappa shape index (κ3) is 5.03. The van der Waals surface area contributed by atoms with Crippen molar-refractivity contribution in [3.63, 3.8) is 0 Å². The maximum Gasteiger partial charge on any atom is 0.248 e. The summed E-state index contributed by atoms with van der Waals surface area (Å²) >= 11 is 0. The van der Waals surface area contributed by atoms with Gasteiger partial charge in [0.15, 0.2) is 11.8 Å². The summed E-state index contributed by atoms with van der Waals surface area (Å²) in [5.74, 6) is 2.11. The fourth-order valence-corrected chi connectivity index (χ4v) is 2.93. The van der Waals surface area contributed by atoms with Crippen LogP contribution in [0.3, 0.4) is 0 Å². The zero-order chi connectivity index (χ0) is 17.5. The van der Waals surface area contributed by atoms with Gasteiger partial charge in [0.05, 0.1) is 0 Å². The SMILES string of the molecule is CCNC(=NCc1nc(C)no1)N1CCN(Cc2ccccc2)CC1. The van der Waals surface area contributed by atoms with Crippen molar-refractivity contribution in [3.05, 3.63) is 47.6 Å². The second kappa shape index (κ2) is 8.62. The van der Waals surface area contributed by atoms with Gasteiger partial charge in [-0.05, 0) is 19.4 Å². The average molecular weight is 342 g/mol. The fourth-order valence-electron chi connectivity index (χ4n) is 2.93. The van der Waals surface area contributed by atoms with Crippen molar-refractivity contribution in [3.8, 4) is 0 Å². The quantitative estimate of drug-likeness (QED) is 0.658. The second-order valence-electron chi connectivity index (χ2n) is 6.15. The van der Waals surface area contributed by atoms with Crippen LogP contribution in [0.15, 0.2) is 39.8 Å². The van der Waals surface area contributed by atoms with E-state index in [0.29, 0.717) is 18.3 Å². The van der Waals surface area contributed by atoms with Gasteiger partial charge in [-0.25, -0.2) is 4.99 Å². The summed E-state index contributed by atoms with van der Waals surface area (Å²) in [6, 6.07) is 10.6. The molecule has 0 bridgehead atoms. The topological polar surface area (TPSA) is 69.8 Å². The molecule has 0 amide bonds. The average Bonchev–Trinajstić information content (AvgIpc) is 3.06. The first-order chi connectivity index (χ1) is 12.2. The van der Waals surface area contributed by atoms with Crippen molar-refractivity contribution < 1.29 is 4.52 Å². The van der Waals surface area contributed by atoms with Crippen LogP contribution < -0.4 is 5.32 Å². The number of rotatable bonds is 5. The van der Waals surface area contributed by atoms with Gasteiger partial charge in [-0.1, -0.05) is 35.5 Å². The van der Waals surface area contributed by atoms with E-state index in [0.717, 1.165) is 45.2 Å². The molecule has 25 heavy (non-hydrogen) atoms. The smallest absolute Gasteiger partial charge is 0.248 e. The van der Waals surface area contributed by atoms with E-state index >= 15 is 0 Å². The first kappa shape index (κ1) is 17.4. The Morgan fingerprint density at radius 2 is 1.96 bits per heavy atom. The highest BCUT2D eigenvalue weighted by Gasteiger charge is 2.19. The first-order valence-electron chi connectivity index (χ1n) is 8.83. The summed E-state index contributed by atoms with van der Waals surface area (Å²) in [6.45, 7) is 10.1. The lowest BCUT2D eigenvalue weighted by molar-refractivity contribution is 0.172. The Balaban J connectivity index is 1.54. The van der Waals surface area contributed by atoms with Gasteiger partial charge < -0.3 is 14.7 Å². The number of aromatic nitrogens is 2. The molecule has 0 atom stereocenters. The van der Waals surface area contributed by atoms with E-state index in [2.05, 4.69) is 67.5 Å². The van der Waals surface area contributed by atoms with Crippen LogP contribution >= 0.6 is 0 Å². The largest absolute Gasteiger partial charge is 0.357 e. The van der Waals surface area contributed by atoms with E-state index in [4.69, 9.17) is 4.52 Å². The molecule has 1 aliphatic rings. The maximum atomic E-state index is 5.14. The van der Waals surface area contributed by atoms with Gasteiger partial charge >= 0.3 is 0 Å². The van der Waals surface area contributed by atoms with Gasteiger partial charge in [0.25, 0.3) is 0 Å².